The molecule has 0 spiro atoms. The van der Waals surface area contributed by atoms with Crippen molar-refractivity contribution < 1.29 is 28.9 Å². The predicted octanol–water partition coefficient (Wildman–Crippen LogP) is 3.94. The van der Waals surface area contributed by atoms with E-state index in [1.54, 1.807) is 56.7 Å². The van der Waals surface area contributed by atoms with Crippen LogP contribution in [0.25, 0.3) is 5.76 Å². The number of carbonyl (C=O) groups excluding carboxylic acids is 2. The SMILES string of the molecule is CCCOc1cccc(/C(O)=C2/C(=O)C(=O)N(CCCOC)C2c2cccc(OC)c2)c1. The molecule has 2 aromatic carbocycles. The molecule has 0 radical (unpaired) electrons. The highest BCUT2D eigenvalue weighted by Gasteiger charge is 2.45. The van der Waals surface area contributed by atoms with Crippen molar-refractivity contribution in [2.45, 2.75) is 25.8 Å². The number of hydrogen-bond acceptors (Lipinski definition) is 6. The Kier molecular flexibility index (Phi) is 7.89. The van der Waals surface area contributed by atoms with Crippen molar-refractivity contribution in [3.8, 4) is 11.5 Å². The van der Waals surface area contributed by atoms with E-state index in [-0.39, 0.29) is 11.3 Å². The first kappa shape index (κ1) is 23.3. The highest BCUT2D eigenvalue weighted by molar-refractivity contribution is 6.46. The first-order chi connectivity index (χ1) is 15.5. The van der Waals surface area contributed by atoms with Crippen LogP contribution < -0.4 is 9.47 Å². The maximum Gasteiger partial charge on any atom is 0.295 e. The van der Waals surface area contributed by atoms with E-state index in [1.807, 2.05) is 13.0 Å². The zero-order valence-corrected chi connectivity index (χ0v) is 18.7. The second kappa shape index (κ2) is 10.8. The van der Waals surface area contributed by atoms with E-state index >= 15 is 0 Å². The van der Waals surface area contributed by atoms with Crippen LogP contribution in [0.3, 0.4) is 0 Å². The van der Waals surface area contributed by atoms with Crippen molar-refractivity contribution in [2.75, 3.05) is 34.0 Å². The molecule has 32 heavy (non-hydrogen) atoms. The van der Waals surface area contributed by atoms with Gasteiger partial charge >= 0.3 is 0 Å². The van der Waals surface area contributed by atoms with Gasteiger partial charge in [0.15, 0.2) is 0 Å². The molecule has 1 N–H and O–H groups in total. The van der Waals surface area contributed by atoms with Gasteiger partial charge in [-0.25, -0.2) is 0 Å². The van der Waals surface area contributed by atoms with Gasteiger partial charge in [-0.1, -0.05) is 31.2 Å². The van der Waals surface area contributed by atoms with Gasteiger partial charge in [0, 0.05) is 25.8 Å². The summed E-state index contributed by atoms with van der Waals surface area (Å²) in [6.07, 6.45) is 1.41. The summed E-state index contributed by atoms with van der Waals surface area (Å²) in [5.74, 6) is -0.406. The van der Waals surface area contributed by atoms with Crippen LogP contribution in [0.4, 0.5) is 0 Å². The smallest absolute Gasteiger partial charge is 0.295 e. The zero-order valence-electron chi connectivity index (χ0n) is 18.7. The monoisotopic (exact) mass is 439 g/mol. The Balaban J connectivity index is 2.09. The number of ether oxygens (including phenoxy) is 3. The molecular weight excluding hydrogens is 410 g/mol. The van der Waals surface area contributed by atoms with Crippen LogP contribution in [0.15, 0.2) is 54.1 Å². The number of benzene rings is 2. The quantitative estimate of drug-likeness (QED) is 0.261. The number of rotatable bonds is 10. The van der Waals surface area contributed by atoms with Crippen LogP contribution >= 0.6 is 0 Å². The summed E-state index contributed by atoms with van der Waals surface area (Å²) in [5.41, 5.74) is 1.15. The first-order valence-corrected chi connectivity index (χ1v) is 10.7. The summed E-state index contributed by atoms with van der Waals surface area (Å²) in [5, 5.41) is 11.2. The molecule has 0 aromatic heterocycles. The lowest BCUT2D eigenvalue weighted by atomic mass is 9.95. The molecule has 1 fully saturated rings. The Hall–Kier alpha value is -3.32. The van der Waals surface area contributed by atoms with E-state index in [2.05, 4.69) is 0 Å². The summed E-state index contributed by atoms with van der Waals surface area (Å²) in [6.45, 7) is 3.31. The largest absolute Gasteiger partial charge is 0.507 e. The summed E-state index contributed by atoms with van der Waals surface area (Å²) < 4.78 is 16.1. The Bertz CT molecular complexity index is 999. The molecule has 0 aliphatic carbocycles. The second-order valence-corrected chi connectivity index (χ2v) is 7.49. The van der Waals surface area contributed by atoms with E-state index < -0.39 is 17.7 Å². The molecule has 3 rings (SSSR count). The van der Waals surface area contributed by atoms with Gasteiger partial charge in [0.25, 0.3) is 11.7 Å². The molecule has 1 heterocycles. The van der Waals surface area contributed by atoms with Gasteiger partial charge in [-0.05, 0) is 42.7 Å². The summed E-state index contributed by atoms with van der Waals surface area (Å²) in [6, 6.07) is 13.3. The van der Waals surface area contributed by atoms with Crippen molar-refractivity contribution in [1.29, 1.82) is 0 Å². The second-order valence-electron chi connectivity index (χ2n) is 7.49. The van der Waals surface area contributed by atoms with Crippen molar-refractivity contribution in [3.05, 3.63) is 65.2 Å². The Morgan fingerprint density at radius 3 is 2.50 bits per heavy atom. The average molecular weight is 440 g/mol. The fraction of sp³-hybridized carbons (Fsp3) is 0.360. The normalized spacial score (nSPS) is 17.6. The number of likely N-dealkylation sites (tertiary alicyclic amines) is 1. The van der Waals surface area contributed by atoms with Crippen LogP contribution in [-0.4, -0.2) is 55.7 Å². The van der Waals surface area contributed by atoms with Gasteiger partial charge in [-0.15, -0.1) is 0 Å². The number of carbonyl (C=O) groups is 2. The van der Waals surface area contributed by atoms with Gasteiger partial charge in [0.1, 0.15) is 17.3 Å². The third kappa shape index (κ3) is 4.94. The van der Waals surface area contributed by atoms with E-state index in [0.717, 1.165) is 6.42 Å². The molecule has 1 aliphatic rings. The van der Waals surface area contributed by atoms with Gasteiger partial charge < -0.3 is 24.2 Å². The molecule has 1 atom stereocenters. The third-order valence-electron chi connectivity index (χ3n) is 5.28. The number of nitrogens with zero attached hydrogens (tertiary/aromatic N) is 1. The molecule has 2 aromatic rings. The van der Waals surface area contributed by atoms with Crippen molar-refractivity contribution >= 4 is 17.4 Å². The van der Waals surface area contributed by atoms with Gasteiger partial charge in [0.2, 0.25) is 0 Å². The molecule has 1 saturated heterocycles. The highest BCUT2D eigenvalue weighted by Crippen LogP contribution is 2.40. The molecule has 1 aliphatic heterocycles. The minimum absolute atomic E-state index is 0.0494. The van der Waals surface area contributed by atoms with Crippen LogP contribution in [0.1, 0.15) is 36.9 Å². The molecule has 0 bridgehead atoms. The number of hydrogen-bond donors (Lipinski definition) is 1. The minimum atomic E-state index is -0.734. The molecule has 1 unspecified atom stereocenters. The lowest BCUT2D eigenvalue weighted by Crippen LogP contribution is -2.31. The fourth-order valence-electron chi connectivity index (χ4n) is 3.76. The number of Topliss-reactive ketones (excluding diaryl/α,β-unsaturated/α-hetero) is 1. The molecule has 1 amide bonds. The van der Waals surface area contributed by atoms with Crippen LogP contribution in [0, 0.1) is 0 Å². The molecule has 170 valence electrons. The highest BCUT2D eigenvalue weighted by atomic mass is 16.5. The maximum atomic E-state index is 13.1. The third-order valence-corrected chi connectivity index (χ3v) is 5.28. The standard InChI is InChI=1S/C25H29NO6/c1-4-13-32-20-11-6-9-18(16-20)23(27)21-22(17-8-5-10-19(15-17)31-3)26(12-7-14-30-2)25(29)24(21)28/h5-6,8-11,15-16,22,27H,4,7,12-14H2,1-3H3/b23-21-. The summed E-state index contributed by atoms with van der Waals surface area (Å²) >= 11 is 0. The van der Waals surface area contributed by atoms with Gasteiger partial charge in [-0.3, -0.25) is 9.59 Å². The van der Waals surface area contributed by atoms with Crippen molar-refractivity contribution in [1.82, 2.24) is 4.90 Å². The number of amides is 1. The Morgan fingerprint density at radius 2 is 1.78 bits per heavy atom. The molecule has 7 nitrogen and oxygen atoms in total. The maximum absolute atomic E-state index is 13.1. The van der Waals surface area contributed by atoms with Crippen LogP contribution in [-0.2, 0) is 14.3 Å². The topological polar surface area (TPSA) is 85.3 Å². The van der Waals surface area contributed by atoms with E-state index in [9.17, 15) is 14.7 Å². The fourth-order valence-corrected chi connectivity index (χ4v) is 3.76. The number of ketones is 1. The lowest BCUT2D eigenvalue weighted by molar-refractivity contribution is -0.140. The lowest BCUT2D eigenvalue weighted by Gasteiger charge is -2.25. The number of aliphatic hydroxyl groups excluding tert-OH is 1. The molecular formula is C25H29NO6. The number of aliphatic hydroxyl groups is 1. The Morgan fingerprint density at radius 1 is 1.03 bits per heavy atom. The first-order valence-electron chi connectivity index (χ1n) is 10.7. The Labute approximate surface area is 188 Å². The average Bonchev–Trinajstić information content (AvgIpc) is 3.07. The van der Waals surface area contributed by atoms with Crippen LogP contribution in [0.5, 0.6) is 11.5 Å². The molecule has 0 saturated carbocycles. The van der Waals surface area contributed by atoms with E-state index in [0.29, 0.717) is 48.8 Å². The van der Waals surface area contributed by atoms with E-state index in [4.69, 9.17) is 14.2 Å². The summed E-state index contributed by atoms with van der Waals surface area (Å²) in [7, 11) is 3.14. The molecule has 7 heteroatoms. The van der Waals surface area contributed by atoms with Gasteiger partial charge in [0.05, 0.1) is 25.3 Å². The number of methoxy groups -OCH3 is 2. The summed E-state index contributed by atoms with van der Waals surface area (Å²) in [4.78, 5) is 27.5. The van der Waals surface area contributed by atoms with Crippen molar-refractivity contribution in [2.24, 2.45) is 0 Å². The van der Waals surface area contributed by atoms with E-state index in [1.165, 1.54) is 4.90 Å². The van der Waals surface area contributed by atoms with Gasteiger partial charge in [-0.2, -0.15) is 0 Å². The zero-order chi connectivity index (χ0) is 23.1. The predicted molar refractivity (Wildman–Crippen MR) is 121 cm³/mol. The van der Waals surface area contributed by atoms with Crippen LogP contribution in [0.2, 0.25) is 0 Å². The minimum Gasteiger partial charge on any atom is -0.507 e. The van der Waals surface area contributed by atoms with Crippen molar-refractivity contribution in [3.63, 3.8) is 0 Å².